The number of carbonyl (C=O) groups excluding carboxylic acids is 1. The molecule has 1 fully saturated rings. The fourth-order valence-corrected chi connectivity index (χ4v) is 4.18. The maximum absolute atomic E-state index is 12.7. The van der Waals surface area contributed by atoms with E-state index >= 15 is 0 Å². The number of rotatable bonds is 6. The van der Waals surface area contributed by atoms with Crippen LogP contribution in [0.3, 0.4) is 0 Å². The van der Waals surface area contributed by atoms with Crippen molar-refractivity contribution in [2.45, 2.75) is 38.3 Å². The van der Waals surface area contributed by atoms with Crippen LogP contribution in [0, 0.1) is 0 Å². The highest BCUT2D eigenvalue weighted by Gasteiger charge is 2.25. The van der Waals surface area contributed by atoms with Crippen molar-refractivity contribution >= 4 is 34.8 Å². The van der Waals surface area contributed by atoms with E-state index in [-0.39, 0.29) is 12.7 Å². The summed E-state index contributed by atoms with van der Waals surface area (Å²) in [5.74, 6) is 1.43. The smallest absolute Gasteiger partial charge is 0.238 e. The molecule has 1 amide bonds. The summed E-state index contributed by atoms with van der Waals surface area (Å²) >= 11 is 12.2. The molecule has 1 aliphatic carbocycles. The average molecular weight is 421 g/mol. The number of hydrogen-bond donors (Lipinski definition) is 1. The lowest BCUT2D eigenvalue weighted by atomic mass is 10.1. The predicted molar refractivity (Wildman–Crippen MR) is 110 cm³/mol. The van der Waals surface area contributed by atoms with E-state index in [1.807, 2.05) is 18.2 Å². The Labute approximate surface area is 174 Å². The van der Waals surface area contributed by atoms with E-state index in [0.717, 1.165) is 29.9 Å². The van der Waals surface area contributed by atoms with Gasteiger partial charge in [-0.2, -0.15) is 0 Å². The van der Waals surface area contributed by atoms with Crippen LogP contribution in [0.25, 0.3) is 0 Å². The zero-order valence-electron chi connectivity index (χ0n) is 15.4. The quantitative estimate of drug-likeness (QED) is 0.705. The molecule has 2 aliphatic rings. The summed E-state index contributed by atoms with van der Waals surface area (Å²) in [4.78, 5) is 15.0. The molecule has 148 valence electrons. The molecule has 1 heterocycles. The van der Waals surface area contributed by atoms with Gasteiger partial charge in [0.25, 0.3) is 0 Å². The van der Waals surface area contributed by atoms with Gasteiger partial charge in [-0.1, -0.05) is 48.2 Å². The summed E-state index contributed by atoms with van der Waals surface area (Å²) in [5, 5.41) is 3.68. The number of halogens is 2. The molecule has 0 atom stereocenters. The predicted octanol–water partition coefficient (Wildman–Crippen LogP) is 5.11. The molecular weight excluding hydrogens is 399 g/mol. The van der Waals surface area contributed by atoms with E-state index in [0.29, 0.717) is 34.9 Å². The maximum Gasteiger partial charge on any atom is 0.238 e. The van der Waals surface area contributed by atoms with Gasteiger partial charge in [-0.3, -0.25) is 9.69 Å². The van der Waals surface area contributed by atoms with Crippen molar-refractivity contribution in [1.82, 2.24) is 4.90 Å². The molecule has 0 saturated heterocycles. The van der Waals surface area contributed by atoms with Crippen LogP contribution in [0.4, 0.5) is 5.69 Å². The number of nitrogens with one attached hydrogen (secondary N) is 1. The zero-order valence-corrected chi connectivity index (χ0v) is 16.9. The second-order valence-corrected chi connectivity index (χ2v) is 7.97. The first kappa shape index (κ1) is 19.4. The van der Waals surface area contributed by atoms with Gasteiger partial charge in [0.2, 0.25) is 12.7 Å². The Balaban J connectivity index is 1.46. The molecule has 1 aliphatic heterocycles. The highest BCUT2D eigenvalue weighted by atomic mass is 35.5. The number of hydrogen-bond acceptors (Lipinski definition) is 4. The van der Waals surface area contributed by atoms with Crippen LogP contribution in [0.5, 0.6) is 11.5 Å². The molecule has 28 heavy (non-hydrogen) atoms. The van der Waals surface area contributed by atoms with E-state index in [4.69, 9.17) is 32.7 Å². The molecule has 7 heteroatoms. The molecule has 2 aromatic carbocycles. The van der Waals surface area contributed by atoms with E-state index < -0.39 is 0 Å². The van der Waals surface area contributed by atoms with Crippen molar-refractivity contribution in [3.63, 3.8) is 0 Å². The summed E-state index contributed by atoms with van der Waals surface area (Å²) in [5.41, 5.74) is 1.64. The zero-order chi connectivity index (χ0) is 19.5. The molecule has 1 saturated carbocycles. The Hall–Kier alpha value is -1.95. The van der Waals surface area contributed by atoms with Gasteiger partial charge in [-0.25, -0.2) is 0 Å². The van der Waals surface area contributed by atoms with Crippen molar-refractivity contribution in [1.29, 1.82) is 0 Å². The van der Waals surface area contributed by atoms with Gasteiger partial charge in [0.1, 0.15) is 0 Å². The molecule has 0 aromatic heterocycles. The van der Waals surface area contributed by atoms with Crippen molar-refractivity contribution in [3.8, 4) is 11.5 Å². The monoisotopic (exact) mass is 420 g/mol. The van der Waals surface area contributed by atoms with E-state index in [2.05, 4.69) is 10.2 Å². The third kappa shape index (κ3) is 4.37. The lowest BCUT2D eigenvalue weighted by Crippen LogP contribution is -2.39. The first-order valence-corrected chi connectivity index (χ1v) is 10.2. The SMILES string of the molecule is O=C(CN(Cc1ccc2c(c1)OCO2)C1CCCC1)Nc1cccc(Cl)c1Cl. The summed E-state index contributed by atoms with van der Waals surface area (Å²) in [6.45, 7) is 1.23. The Kier molecular flexibility index (Phi) is 5.95. The molecule has 0 bridgehead atoms. The molecule has 1 N–H and O–H groups in total. The Bertz CT molecular complexity index is 869. The number of carbonyl (C=O) groups is 1. The van der Waals surface area contributed by atoms with Crippen molar-refractivity contribution < 1.29 is 14.3 Å². The second-order valence-electron chi connectivity index (χ2n) is 7.18. The van der Waals surface area contributed by atoms with Gasteiger partial charge >= 0.3 is 0 Å². The standard InChI is InChI=1S/C21H22Cl2N2O3/c22-16-6-3-7-17(21(16)23)24-20(26)12-25(15-4-1-2-5-15)11-14-8-9-18-19(10-14)28-13-27-18/h3,6-10,15H,1-2,4-5,11-13H2,(H,24,26). The van der Waals surface area contributed by atoms with E-state index in [1.54, 1.807) is 18.2 Å². The van der Waals surface area contributed by atoms with Gasteiger partial charge in [-0.05, 0) is 42.7 Å². The molecule has 0 radical (unpaired) electrons. The molecule has 0 spiro atoms. The van der Waals surface area contributed by atoms with Crippen molar-refractivity contribution in [3.05, 3.63) is 52.0 Å². The highest BCUT2D eigenvalue weighted by molar-refractivity contribution is 6.44. The number of benzene rings is 2. The van der Waals surface area contributed by atoms with Crippen molar-refractivity contribution in [2.24, 2.45) is 0 Å². The lowest BCUT2D eigenvalue weighted by Gasteiger charge is -2.28. The minimum absolute atomic E-state index is 0.100. The number of ether oxygens (including phenoxy) is 2. The van der Waals surface area contributed by atoms with Gasteiger partial charge in [-0.15, -0.1) is 0 Å². The Morgan fingerprint density at radius 1 is 1.11 bits per heavy atom. The normalized spacial score (nSPS) is 16.0. The Morgan fingerprint density at radius 2 is 1.89 bits per heavy atom. The van der Waals surface area contributed by atoms with Crippen molar-refractivity contribution in [2.75, 3.05) is 18.7 Å². The fourth-order valence-electron chi connectivity index (χ4n) is 3.83. The van der Waals surface area contributed by atoms with Crippen LogP contribution in [0.2, 0.25) is 10.0 Å². The number of nitrogens with zero attached hydrogens (tertiary/aromatic N) is 1. The minimum atomic E-state index is -0.100. The number of anilines is 1. The van der Waals surface area contributed by atoms with Crippen LogP contribution in [-0.2, 0) is 11.3 Å². The summed E-state index contributed by atoms with van der Waals surface area (Å²) < 4.78 is 10.9. The van der Waals surface area contributed by atoms with Gasteiger partial charge in [0.15, 0.2) is 11.5 Å². The second kappa shape index (κ2) is 8.60. The van der Waals surface area contributed by atoms with Crippen LogP contribution in [-0.4, -0.2) is 30.2 Å². The van der Waals surface area contributed by atoms with Crippen LogP contribution in [0.15, 0.2) is 36.4 Å². The Morgan fingerprint density at radius 3 is 2.71 bits per heavy atom. The summed E-state index contributed by atoms with van der Waals surface area (Å²) in [6.07, 6.45) is 4.61. The number of fused-ring (bicyclic) bond motifs is 1. The average Bonchev–Trinajstić information content (AvgIpc) is 3.36. The molecule has 2 aromatic rings. The molecular formula is C21H22Cl2N2O3. The van der Waals surface area contributed by atoms with Gasteiger partial charge in [0, 0.05) is 12.6 Å². The molecule has 5 nitrogen and oxygen atoms in total. The highest BCUT2D eigenvalue weighted by Crippen LogP contribution is 2.34. The van der Waals surface area contributed by atoms with Gasteiger partial charge in [0.05, 0.1) is 22.3 Å². The third-order valence-electron chi connectivity index (χ3n) is 5.24. The first-order chi connectivity index (χ1) is 13.6. The molecule has 0 unspecified atom stereocenters. The minimum Gasteiger partial charge on any atom is -0.454 e. The largest absolute Gasteiger partial charge is 0.454 e. The first-order valence-electron chi connectivity index (χ1n) is 9.46. The van der Waals surface area contributed by atoms with Crippen LogP contribution in [0.1, 0.15) is 31.2 Å². The van der Waals surface area contributed by atoms with E-state index in [9.17, 15) is 4.79 Å². The summed E-state index contributed by atoms with van der Waals surface area (Å²) in [7, 11) is 0. The number of amides is 1. The van der Waals surface area contributed by atoms with Crippen LogP contribution >= 0.6 is 23.2 Å². The summed E-state index contributed by atoms with van der Waals surface area (Å²) in [6, 6.07) is 11.6. The molecule has 4 rings (SSSR count). The third-order valence-corrected chi connectivity index (χ3v) is 6.06. The lowest BCUT2D eigenvalue weighted by molar-refractivity contribution is -0.118. The maximum atomic E-state index is 12.7. The fraction of sp³-hybridized carbons (Fsp3) is 0.381. The topological polar surface area (TPSA) is 50.8 Å². The van der Waals surface area contributed by atoms with Crippen LogP contribution < -0.4 is 14.8 Å². The van der Waals surface area contributed by atoms with E-state index in [1.165, 1.54) is 12.8 Å². The van der Waals surface area contributed by atoms with Gasteiger partial charge < -0.3 is 14.8 Å².